The van der Waals surface area contributed by atoms with Crippen molar-refractivity contribution in [2.75, 3.05) is 0 Å². The molecule has 4 aromatic rings. The highest BCUT2D eigenvalue weighted by atomic mass is 35.5. The molecule has 0 amide bonds. The summed E-state index contributed by atoms with van der Waals surface area (Å²) in [6.45, 7) is 0. The summed E-state index contributed by atoms with van der Waals surface area (Å²) < 4.78 is 1.73. The molecule has 3 aromatic heterocycles. The van der Waals surface area contributed by atoms with Gasteiger partial charge in [-0.05, 0) is 18.2 Å². The zero-order valence-electron chi connectivity index (χ0n) is 11.4. The Hall–Kier alpha value is -2.79. The smallest absolute Gasteiger partial charge is 0.184 e. The topological polar surface area (TPSA) is 56.5 Å². The Balaban J connectivity index is 1.99. The number of aromatic nitrogens is 5. The summed E-state index contributed by atoms with van der Waals surface area (Å²) in [6.07, 6.45) is 3.47. The lowest BCUT2D eigenvalue weighted by Crippen LogP contribution is -2.05. The van der Waals surface area contributed by atoms with Crippen molar-refractivity contribution in [3.63, 3.8) is 0 Å². The third-order valence-corrected chi connectivity index (χ3v) is 3.67. The van der Waals surface area contributed by atoms with Crippen molar-refractivity contribution in [2.45, 2.75) is 0 Å². The van der Waals surface area contributed by atoms with Gasteiger partial charge in [0.25, 0.3) is 0 Å². The number of halogens is 1. The molecule has 0 unspecified atom stereocenters. The molecule has 6 heteroatoms. The predicted octanol–water partition coefficient (Wildman–Crippen LogP) is 3.53. The van der Waals surface area contributed by atoms with Gasteiger partial charge in [-0.3, -0.25) is 4.98 Å². The zero-order chi connectivity index (χ0) is 14.9. The second kappa shape index (κ2) is 5.20. The van der Waals surface area contributed by atoms with E-state index in [9.17, 15) is 0 Å². The molecule has 0 radical (unpaired) electrons. The van der Waals surface area contributed by atoms with Crippen LogP contribution in [-0.4, -0.2) is 25.0 Å². The van der Waals surface area contributed by atoms with E-state index in [2.05, 4.69) is 20.3 Å². The first-order valence-corrected chi connectivity index (χ1v) is 7.09. The summed E-state index contributed by atoms with van der Waals surface area (Å²) in [5, 5.41) is 14.7. The molecule has 0 spiro atoms. The first-order chi connectivity index (χ1) is 10.8. The molecular formula is C16H10ClN5. The summed E-state index contributed by atoms with van der Waals surface area (Å²) in [6, 6.07) is 15.4. The standard InChI is InChI=1S/C16H10ClN5/c17-15-11-5-1-2-6-12(11)16(21-20-15)22-14(8-10-19-22)13-7-3-4-9-18-13/h1-10H. The van der Waals surface area contributed by atoms with Gasteiger partial charge in [-0.15, -0.1) is 10.2 Å². The Morgan fingerprint density at radius 3 is 2.45 bits per heavy atom. The van der Waals surface area contributed by atoms with E-state index in [1.165, 1.54) is 0 Å². The lowest BCUT2D eigenvalue weighted by atomic mass is 10.2. The number of hydrogen-bond donors (Lipinski definition) is 0. The van der Waals surface area contributed by atoms with Gasteiger partial charge in [-0.2, -0.15) is 5.10 Å². The third kappa shape index (κ3) is 2.03. The van der Waals surface area contributed by atoms with Crippen LogP contribution in [0.1, 0.15) is 0 Å². The lowest BCUT2D eigenvalue weighted by molar-refractivity contribution is 0.829. The van der Waals surface area contributed by atoms with Crippen LogP contribution < -0.4 is 0 Å². The first kappa shape index (κ1) is 12.9. The largest absolute Gasteiger partial charge is 0.255 e. The summed E-state index contributed by atoms with van der Waals surface area (Å²) in [4.78, 5) is 4.37. The van der Waals surface area contributed by atoms with Crippen LogP contribution in [0.4, 0.5) is 0 Å². The summed E-state index contributed by atoms with van der Waals surface area (Å²) in [5.41, 5.74) is 1.67. The highest BCUT2D eigenvalue weighted by Gasteiger charge is 2.14. The fourth-order valence-electron chi connectivity index (χ4n) is 2.39. The van der Waals surface area contributed by atoms with E-state index < -0.39 is 0 Å². The summed E-state index contributed by atoms with van der Waals surface area (Å²) in [5.74, 6) is 0.630. The molecule has 0 N–H and O–H groups in total. The molecule has 4 rings (SSSR count). The third-order valence-electron chi connectivity index (χ3n) is 3.39. The number of fused-ring (bicyclic) bond motifs is 1. The van der Waals surface area contributed by atoms with Crippen molar-refractivity contribution < 1.29 is 0 Å². The second-order valence-corrected chi connectivity index (χ2v) is 5.06. The molecule has 0 saturated heterocycles. The lowest BCUT2D eigenvalue weighted by Gasteiger charge is -2.09. The van der Waals surface area contributed by atoms with E-state index in [1.807, 2.05) is 48.5 Å². The number of hydrogen-bond acceptors (Lipinski definition) is 4. The number of nitrogens with zero attached hydrogens (tertiary/aromatic N) is 5. The Morgan fingerprint density at radius 1 is 0.818 bits per heavy atom. The van der Waals surface area contributed by atoms with Crippen molar-refractivity contribution in [2.24, 2.45) is 0 Å². The molecule has 5 nitrogen and oxygen atoms in total. The minimum atomic E-state index is 0.380. The highest BCUT2D eigenvalue weighted by molar-refractivity contribution is 6.34. The quantitative estimate of drug-likeness (QED) is 0.568. The maximum absolute atomic E-state index is 6.13. The van der Waals surface area contributed by atoms with E-state index in [0.717, 1.165) is 22.2 Å². The molecule has 3 heterocycles. The minimum Gasteiger partial charge on any atom is -0.255 e. The monoisotopic (exact) mass is 307 g/mol. The number of pyridine rings is 1. The van der Waals surface area contributed by atoms with Crippen LogP contribution in [0.5, 0.6) is 0 Å². The number of rotatable bonds is 2. The summed E-state index contributed by atoms with van der Waals surface area (Å²) in [7, 11) is 0. The van der Waals surface area contributed by atoms with Gasteiger partial charge in [0.2, 0.25) is 0 Å². The van der Waals surface area contributed by atoms with E-state index in [4.69, 9.17) is 11.6 Å². The number of benzene rings is 1. The van der Waals surface area contributed by atoms with Crippen molar-refractivity contribution in [1.29, 1.82) is 0 Å². The zero-order valence-corrected chi connectivity index (χ0v) is 12.1. The van der Waals surface area contributed by atoms with Crippen LogP contribution >= 0.6 is 11.6 Å². The Kier molecular flexibility index (Phi) is 3.05. The van der Waals surface area contributed by atoms with Crippen LogP contribution in [0, 0.1) is 0 Å². The van der Waals surface area contributed by atoms with Crippen LogP contribution in [0.2, 0.25) is 5.15 Å². The molecule has 0 atom stereocenters. The van der Waals surface area contributed by atoms with Crippen molar-refractivity contribution >= 4 is 22.4 Å². The Labute approximate surface area is 131 Å². The average Bonchev–Trinajstić information content (AvgIpc) is 3.06. The Morgan fingerprint density at radius 2 is 1.64 bits per heavy atom. The van der Waals surface area contributed by atoms with Crippen LogP contribution in [0.25, 0.3) is 28.0 Å². The van der Waals surface area contributed by atoms with Gasteiger partial charge in [0.15, 0.2) is 11.0 Å². The molecule has 22 heavy (non-hydrogen) atoms. The molecule has 1 aromatic carbocycles. The van der Waals surface area contributed by atoms with E-state index in [1.54, 1.807) is 17.1 Å². The van der Waals surface area contributed by atoms with E-state index in [0.29, 0.717) is 11.0 Å². The second-order valence-electron chi connectivity index (χ2n) is 4.70. The Bertz CT molecular complexity index is 949. The molecule has 0 aliphatic rings. The van der Waals surface area contributed by atoms with E-state index in [-0.39, 0.29) is 0 Å². The van der Waals surface area contributed by atoms with Gasteiger partial charge in [0.1, 0.15) is 0 Å². The van der Waals surface area contributed by atoms with Gasteiger partial charge in [-0.25, -0.2) is 4.68 Å². The van der Waals surface area contributed by atoms with Crippen LogP contribution in [0.15, 0.2) is 60.9 Å². The van der Waals surface area contributed by atoms with Crippen molar-refractivity contribution in [3.05, 3.63) is 66.1 Å². The first-order valence-electron chi connectivity index (χ1n) is 6.71. The SMILES string of the molecule is Clc1nnc(-n2nccc2-c2ccccn2)c2ccccc12. The van der Waals surface area contributed by atoms with Gasteiger partial charge in [0, 0.05) is 17.0 Å². The molecule has 0 saturated carbocycles. The fourth-order valence-corrected chi connectivity index (χ4v) is 2.60. The van der Waals surface area contributed by atoms with Gasteiger partial charge >= 0.3 is 0 Å². The van der Waals surface area contributed by atoms with Gasteiger partial charge in [-0.1, -0.05) is 41.9 Å². The van der Waals surface area contributed by atoms with Crippen LogP contribution in [0.3, 0.4) is 0 Å². The molecule has 0 bridgehead atoms. The van der Waals surface area contributed by atoms with Crippen molar-refractivity contribution in [1.82, 2.24) is 25.0 Å². The van der Waals surface area contributed by atoms with Crippen LogP contribution in [-0.2, 0) is 0 Å². The van der Waals surface area contributed by atoms with E-state index >= 15 is 0 Å². The summed E-state index contributed by atoms with van der Waals surface area (Å²) >= 11 is 6.13. The predicted molar refractivity (Wildman–Crippen MR) is 84.9 cm³/mol. The molecule has 106 valence electrons. The normalized spacial score (nSPS) is 11.0. The fraction of sp³-hybridized carbons (Fsp3) is 0. The van der Waals surface area contributed by atoms with Crippen molar-refractivity contribution in [3.8, 4) is 17.2 Å². The molecule has 0 aliphatic heterocycles. The maximum atomic E-state index is 6.13. The average molecular weight is 308 g/mol. The molecular weight excluding hydrogens is 298 g/mol. The maximum Gasteiger partial charge on any atom is 0.184 e. The highest BCUT2D eigenvalue weighted by Crippen LogP contribution is 2.27. The van der Waals surface area contributed by atoms with Gasteiger partial charge < -0.3 is 0 Å². The molecule has 0 fully saturated rings. The van der Waals surface area contributed by atoms with Gasteiger partial charge in [0.05, 0.1) is 17.6 Å². The molecule has 0 aliphatic carbocycles. The minimum absolute atomic E-state index is 0.380.